The normalized spacial score (nSPS) is 12.0. The Kier molecular flexibility index (Phi) is 16.7. The molecule has 2 heteroatoms. The summed E-state index contributed by atoms with van der Waals surface area (Å²) >= 11 is 0. The predicted octanol–water partition coefficient (Wildman–Crippen LogP) is 6.44. The van der Waals surface area contributed by atoms with Gasteiger partial charge in [0.1, 0.15) is 0 Å². The van der Waals surface area contributed by atoms with Crippen LogP contribution in [0.4, 0.5) is 0 Å². The fourth-order valence-electron chi connectivity index (χ4n) is 2.18. The van der Waals surface area contributed by atoms with Crippen LogP contribution in [0.1, 0.15) is 84.0 Å². The van der Waals surface area contributed by atoms with Crippen LogP contribution < -0.4 is 0 Å². The zero-order valence-corrected chi connectivity index (χ0v) is 14.3. The molecule has 0 bridgehead atoms. The Morgan fingerprint density at radius 3 is 1.64 bits per heavy atom. The lowest BCUT2D eigenvalue weighted by atomic mass is 10.1. The van der Waals surface area contributed by atoms with E-state index in [4.69, 9.17) is 5.11 Å². The largest absolute Gasteiger partial charge is 0.481 e. The maximum absolute atomic E-state index is 10.3. The first-order valence-electron chi connectivity index (χ1n) is 8.94. The van der Waals surface area contributed by atoms with Gasteiger partial charge < -0.3 is 5.11 Å². The van der Waals surface area contributed by atoms with Crippen LogP contribution in [-0.2, 0) is 4.79 Å². The minimum absolute atomic E-state index is 0.280. The Bertz CT molecular complexity index is 327. The Hall–Kier alpha value is -1.31. The Balaban J connectivity index is 3.22. The van der Waals surface area contributed by atoms with Crippen molar-refractivity contribution >= 4 is 5.97 Å². The van der Waals surface area contributed by atoms with Crippen molar-refractivity contribution in [2.45, 2.75) is 84.0 Å². The summed E-state index contributed by atoms with van der Waals surface area (Å²) in [7, 11) is 0. The number of unbranched alkanes of at least 4 members (excludes halogenated alkanes) is 7. The van der Waals surface area contributed by atoms with Crippen molar-refractivity contribution in [2.24, 2.45) is 0 Å². The molecular formula is C20H34O2. The Labute approximate surface area is 137 Å². The van der Waals surface area contributed by atoms with Gasteiger partial charge in [0.15, 0.2) is 0 Å². The highest BCUT2D eigenvalue weighted by Gasteiger charge is 1.93. The maximum Gasteiger partial charge on any atom is 0.303 e. The second-order valence-corrected chi connectivity index (χ2v) is 5.68. The molecule has 0 saturated heterocycles. The van der Waals surface area contributed by atoms with Crippen LogP contribution in [0, 0.1) is 0 Å². The lowest BCUT2D eigenvalue weighted by Gasteiger charge is -1.95. The molecule has 22 heavy (non-hydrogen) atoms. The van der Waals surface area contributed by atoms with Gasteiger partial charge in [0.25, 0.3) is 0 Å². The van der Waals surface area contributed by atoms with E-state index in [0.717, 1.165) is 32.1 Å². The molecule has 0 aromatic heterocycles. The highest BCUT2D eigenvalue weighted by Crippen LogP contribution is 2.06. The zero-order valence-electron chi connectivity index (χ0n) is 14.3. The van der Waals surface area contributed by atoms with Crippen LogP contribution in [0.5, 0.6) is 0 Å². The molecule has 0 aromatic rings. The first-order valence-corrected chi connectivity index (χ1v) is 8.94. The molecular weight excluding hydrogens is 272 g/mol. The molecule has 126 valence electrons. The molecule has 0 aliphatic carbocycles. The lowest BCUT2D eigenvalue weighted by Crippen LogP contribution is -1.92. The summed E-state index contributed by atoms with van der Waals surface area (Å²) in [5, 5.41) is 8.50. The average molecular weight is 306 g/mol. The highest BCUT2D eigenvalue weighted by molar-refractivity contribution is 5.66. The van der Waals surface area contributed by atoms with E-state index in [9.17, 15) is 4.79 Å². The van der Waals surface area contributed by atoms with Gasteiger partial charge in [0, 0.05) is 6.42 Å². The summed E-state index contributed by atoms with van der Waals surface area (Å²) in [6.07, 6.45) is 26.4. The SMILES string of the molecule is CC/C=C/CCCCC/C=C/CCC/C=C/CCCC(=O)O. The van der Waals surface area contributed by atoms with Gasteiger partial charge in [-0.3, -0.25) is 4.79 Å². The van der Waals surface area contributed by atoms with Gasteiger partial charge in [-0.1, -0.05) is 49.8 Å². The molecule has 0 saturated carbocycles. The van der Waals surface area contributed by atoms with Crippen molar-refractivity contribution in [3.05, 3.63) is 36.5 Å². The quantitative estimate of drug-likeness (QED) is 0.279. The molecule has 0 aliphatic heterocycles. The molecule has 0 atom stereocenters. The summed E-state index contributed by atoms with van der Waals surface area (Å²) in [6.45, 7) is 2.18. The molecule has 0 fully saturated rings. The average Bonchev–Trinajstić information content (AvgIpc) is 2.50. The molecule has 0 heterocycles. The van der Waals surface area contributed by atoms with Crippen molar-refractivity contribution in [2.75, 3.05) is 0 Å². The predicted molar refractivity (Wildman–Crippen MR) is 96.1 cm³/mol. The smallest absolute Gasteiger partial charge is 0.303 e. The number of aliphatic carboxylic acids is 1. The minimum Gasteiger partial charge on any atom is -0.481 e. The first kappa shape index (κ1) is 20.7. The van der Waals surface area contributed by atoms with E-state index < -0.39 is 5.97 Å². The molecule has 0 amide bonds. The van der Waals surface area contributed by atoms with Gasteiger partial charge in [-0.25, -0.2) is 0 Å². The molecule has 2 nitrogen and oxygen atoms in total. The number of allylic oxidation sites excluding steroid dienone is 6. The van der Waals surface area contributed by atoms with E-state index in [1.165, 1.54) is 38.5 Å². The maximum atomic E-state index is 10.3. The first-order chi connectivity index (χ1) is 10.8. The van der Waals surface area contributed by atoms with Crippen LogP contribution in [0.3, 0.4) is 0 Å². The van der Waals surface area contributed by atoms with Crippen molar-refractivity contribution in [3.8, 4) is 0 Å². The van der Waals surface area contributed by atoms with Crippen LogP contribution in [-0.4, -0.2) is 11.1 Å². The lowest BCUT2D eigenvalue weighted by molar-refractivity contribution is -0.137. The third-order valence-electron chi connectivity index (χ3n) is 3.48. The molecule has 0 aromatic carbocycles. The monoisotopic (exact) mass is 306 g/mol. The topological polar surface area (TPSA) is 37.3 Å². The van der Waals surface area contributed by atoms with Gasteiger partial charge in [-0.15, -0.1) is 0 Å². The number of carboxylic acid groups (broad SMARTS) is 1. The second kappa shape index (κ2) is 17.7. The highest BCUT2D eigenvalue weighted by atomic mass is 16.4. The van der Waals surface area contributed by atoms with Gasteiger partial charge in [0.05, 0.1) is 0 Å². The number of carboxylic acids is 1. The molecule has 0 radical (unpaired) electrons. The van der Waals surface area contributed by atoms with Crippen molar-refractivity contribution < 1.29 is 9.90 Å². The molecule has 1 N–H and O–H groups in total. The van der Waals surface area contributed by atoms with E-state index in [2.05, 4.69) is 43.4 Å². The third-order valence-corrected chi connectivity index (χ3v) is 3.48. The molecule has 0 aliphatic rings. The summed E-state index contributed by atoms with van der Waals surface area (Å²) in [4.78, 5) is 10.3. The fraction of sp³-hybridized carbons (Fsp3) is 0.650. The van der Waals surface area contributed by atoms with Crippen molar-refractivity contribution in [1.82, 2.24) is 0 Å². The summed E-state index contributed by atoms with van der Waals surface area (Å²) < 4.78 is 0. The van der Waals surface area contributed by atoms with Crippen LogP contribution in [0.2, 0.25) is 0 Å². The minimum atomic E-state index is -0.698. The molecule has 0 unspecified atom stereocenters. The zero-order chi connectivity index (χ0) is 16.3. The van der Waals surface area contributed by atoms with E-state index in [-0.39, 0.29) is 6.42 Å². The Morgan fingerprint density at radius 1 is 0.682 bits per heavy atom. The van der Waals surface area contributed by atoms with Crippen LogP contribution in [0.25, 0.3) is 0 Å². The standard InChI is InChI=1S/C20H34O2/c1-2-3-4-5-6-7-8-9-10-11-12-13-14-15-16-17-18-19-20(21)22/h3-4,10-11,15-16H,2,5-9,12-14,17-19H2,1H3,(H,21,22)/b4-3+,11-10+,16-15+. The summed E-state index contributed by atoms with van der Waals surface area (Å²) in [5.74, 6) is -0.698. The summed E-state index contributed by atoms with van der Waals surface area (Å²) in [6, 6.07) is 0. The van der Waals surface area contributed by atoms with Crippen molar-refractivity contribution in [3.63, 3.8) is 0 Å². The van der Waals surface area contributed by atoms with Crippen LogP contribution in [0.15, 0.2) is 36.5 Å². The van der Waals surface area contributed by atoms with E-state index in [1.54, 1.807) is 0 Å². The van der Waals surface area contributed by atoms with Gasteiger partial charge in [0.2, 0.25) is 0 Å². The number of carbonyl (C=O) groups is 1. The van der Waals surface area contributed by atoms with Gasteiger partial charge >= 0.3 is 5.97 Å². The molecule has 0 spiro atoms. The van der Waals surface area contributed by atoms with E-state index >= 15 is 0 Å². The number of hydrogen-bond acceptors (Lipinski definition) is 1. The summed E-state index contributed by atoms with van der Waals surface area (Å²) in [5.41, 5.74) is 0. The van der Waals surface area contributed by atoms with Crippen LogP contribution >= 0.6 is 0 Å². The second-order valence-electron chi connectivity index (χ2n) is 5.68. The van der Waals surface area contributed by atoms with Gasteiger partial charge in [-0.2, -0.15) is 0 Å². The third kappa shape index (κ3) is 18.7. The van der Waals surface area contributed by atoms with Gasteiger partial charge in [-0.05, 0) is 64.2 Å². The number of rotatable bonds is 15. The number of hydrogen-bond donors (Lipinski definition) is 1. The molecule has 0 rings (SSSR count). The Morgan fingerprint density at radius 2 is 1.14 bits per heavy atom. The van der Waals surface area contributed by atoms with E-state index in [0.29, 0.717) is 0 Å². The fourth-order valence-corrected chi connectivity index (χ4v) is 2.18. The van der Waals surface area contributed by atoms with Crippen molar-refractivity contribution in [1.29, 1.82) is 0 Å². The van der Waals surface area contributed by atoms with E-state index in [1.807, 2.05) is 0 Å².